The largest absolute Gasteiger partial charge is 0.416 e. The summed E-state index contributed by atoms with van der Waals surface area (Å²) in [6.45, 7) is 5.78. The first-order chi connectivity index (χ1) is 16.3. The second-order valence-electron chi connectivity index (χ2n) is 7.65. The predicted molar refractivity (Wildman–Crippen MR) is 124 cm³/mol. The molecule has 1 amide bonds. The molecule has 0 saturated carbocycles. The van der Waals surface area contributed by atoms with Crippen LogP contribution < -0.4 is 4.90 Å². The molecule has 1 aromatic heterocycles. The Morgan fingerprint density at radius 2 is 1.76 bits per heavy atom. The minimum Gasteiger partial charge on any atom is -0.383 e. The Balaban J connectivity index is 2.03. The minimum atomic E-state index is -4.54. The third-order valence-corrected chi connectivity index (χ3v) is 5.50. The van der Waals surface area contributed by atoms with Crippen LogP contribution in [0.25, 0.3) is 11.3 Å². The number of methoxy groups -OCH3 is 1. The number of alkyl halides is 3. The van der Waals surface area contributed by atoms with Crippen LogP contribution in [0.1, 0.15) is 35.3 Å². The van der Waals surface area contributed by atoms with Gasteiger partial charge in [0.25, 0.3) is 5.91 Å². The van der Waals surface area contributed by atoms with Crippen LogP contribution in [0.2, 0.25) is 0 Å². The lowest BCUT2D eigenvalue weighted by molar-refractivity contribution is -0.137. The first kappa shape index (κ1) is 25.3. The number of ether oxygens (including phenoxy) is 1. The van der Waals surface area contributed by atoms with Gasteiger partial charge in [-0.15, -0.1) is 0 Å². The summed E-state index contributed by atoms with van der Waals surface area (Å²) in [5, 5.41) is 4.28. The van der Waals surface area contributed by atoms with E-state index in [2.05, 4.69) is 5.16 Å². The first-order valence-electron chi connectivity index (χ1n) is 11.0. The van der Waals surface area contributed by atoms with Crippen LogP contribution in [0.5, 0.6) is 0 Å². The number of nitrogens with zero attached hydrogens (tertiary/aromatic N) is 3. The molecule has 34 heavy (non-hydrogen) atoms. The van der Waals surface area contributed by atoms with Crippen molar-refractivity contribution >= 4 is 11.8 Å². The number of rotatable bonds is 10. The summed E-state index contributed by atoms with van der Waals surface area (Å²) in [5.41, 5.74) is 1.17. The molecule has 9 heteroatoms. The predicted octanol–water partition coefficient (Wildman–Crippen LogP) is 5.50. The zero-order chi connectivity index (χ0) is 24.7. The summed E-state index contributed by atoms with van der Waals surface area (Å²) in [6.07, 6.45) is -4.54. The maximum atomic E-state index is 13.4. The van der Waals surface area contributed by atoms with Gasteiger partial charge in [-0.3, -0.25) is 4.79 Å². The van der Waals surface area contributed by atoms with Gasteiger partial charge < -0.3 is 19.1 Å². The van der Waals surface area contributed by atoms with Crippen LogP contribution in [0.4, 0.5) is 19.1 Å². The van der Waals surface area contributed by atoms with Gasteiger partial charge in [-0.2, -0.15) is 13.2 Å². The SMILES string of the molecule is CCN(CC)c1onc(-c2ccccc2)c1CN(CCOC)C(=O)c1cccc(C(F)(F)F)c1. The van der Waals surface area contributed by atoms with Gasteiger partial charge in [0.1, 0.15) is 5.69 Å². The number of hydrogen-bond donors (Lipinski definition) is 0. The number of carbonyl (C=O) groups is 1. The van der Waals surface area contributed by atoms with Crippen molar-refractivity contribution in [2.24, 2.45) is 0 Å². The molecule has 6 nitrogen and oxygen atoms in total. The van der Waals surface area contributed by atoms with E-state index in [1.807, 2.05) is 49.1 Å². The molecule has 2 aromatic carbocycles. The number of anilines is 1. The quantitative estimate of drug-likeness (QED) is 0.388. The van der Waals surface area contributed by atoms with Gasteiger partial charge in [-0.1, -0.05) is 41.6 Å². The van der Waals surface area contributed by atoms with Crippen LogP contribution in [-0.4, -0.2) is 49.3 Å². The van der Waals surface area contributed by atoms with Crippen molar-refractivity contribution in [1.82, 2.24) is 10.1 Å². The molecule has 0 saturated heterocycles. The molecule has 182 valence electrons. The summed E-state index contributed by atoms with van der Waals surface area (Å²) in [5.74, 6) is -0.00280. The monoisotopic (exact) mass is 475 g/mol. The lowest BCUT2D eigenvalue weighted by Gasteiger charge is -2.25. The van der Waals surface area contributed by atoms with Crippen LogP contribution in [-0.2, 0) is 17.5 Å². The summed E-state index contributed by atoms with van der Waals surface area (Å²) < 4.78 is 50.6. The van der Waals surface area contributed by atoms with Crippen molar-refractivity contribution in [1.29, 1.82) is 0 Å². The van der Waals surface area contributed by atoms with Crippen molar-refractivity contribution in [2.75, 3.05) is 38.3 Å². The number of benzene rings is 2. The van der Waals surface area contributed by atoms with E-state index in [9.17, 15) is 18.0 Å². The summed E-state index contributed by atoms with van der Waals surface area (Å²) in [6, 6.07) is 13.9. The Labute approximate surface area is 196 Å². The Hall–Kier alpha value is -3.33. The lowest BCUT2D eigenvalue weighted by Crippen LogP contribution is -2.34. The van der Waals surface area contributed by atoms with E-state index in [4.69, 9.17) is 9.26 Å². The average molecular weight is 476 g/mol. The van der Waals surface area contributed by atoms with Crippen LogP contribution in [0.15, 0.2) is 59.1 Å². The molecule has 3 rings (SSSR count). The highest BCUT2D eigenvalue weighted by molar-refractivity contribution is 5.94. The number of aromatic nitrogens is 1. The molecule has 0 aliphatic rings. The van der Waals surface area contributed by atoms with E-state index in [1.165, 1.54) is 24.1 Å². The normalized spacial score (nSPS) is 11.5. The van der Waals surface area contributed by atoms with Crippen molar-refractivity contribution in [3.05, 3.63) is 71.3 Å². The number of amides is 1. The smallest absolute Gasteiger partial charge is 0.383 e. The Kier molecular flexibility index (Phi) is 8.33. The molecule has 0 aliphatic carbocycles. The second kappa shape index (κ2) is 11.2. The average Bonchev–Trinajstić information content (AvgIpc) is 3.25. The molecule has 0 radical (unpaired) electrons. The van der Waals surface area contributed by atoms with E-state index in [0.717, 1.165) is 17.7 Å². The summed E-state index contributed by atoms with van der Waals surface area (Å²) >= 11 is 0. The zero-order valence-corrected chi connectivity index (χ0v) is 19.4. The highest BCUT2D eigenvalue weighted by Gasteiger charge is 2.32. The van der Waals surface area contributed by atoms with Crippen molar-refractivity contribution in [3.8, 4) is 11.3 Å². The molecule has 0 N–H and O–H groups in total. The van der Waals surface area contributed by atoms with Crippen molar-refractivity contribution in [2.45, 2.75) is 26.6 Å². The van der Waals surface area contributed by atoms with E-state index in [1.54, 1.807) is 0 Å². The molecule has 0 fully saturated rings. The minimum absolute atomic E-state index is 0.0481. The number of carbonyl (C=O) groups excluding carboxylic acids is 1. The van der Waals surface area contributed by atoms with Gasteiger partial charge in [-0.05, 0) is 32.0 Å². The van der Waals surface area contributed by atoms with E-state index < -0.39 is 17.6 Å². The molecular formula is C25H28F3N3O3. The highest BCUT2D eigenvalue weighted by Crippen LogP contribution is 2.33. The van der Waals surface area contributed by atoms with Gasteiger partial charge in [0, 0.05) is 37.9 Å². The topological polar surface area (TPSA) is 58.8 Å². The third-order valence-electron chi connectivity index (χ3n) is 5.50. The molecule has 0 bridgehead atoms. The van der Waals surface area contributed by atoms with Gasteiger partial charge >= 0.3 is 6.18 Å². The standard InChI is InChI=1S/C25H28F3N3O3/c1-4-30(5-2)24-21(22(29-34-24)18-10-7-6-8-11-18)17-31(14-15-33-3)23(32)19-12-9-13-20(16-19)25(26,27)28/h6-13,16H,4-5,14-15,17H2,1-3H3. The van der Waals surface area contributed by atoms with Crippen molar-refractivity contribution < 1.29 is 27.2 Å². The third kappa shape index (κ3) is 5.77. The zero-order valence-electron chi connectivity index (χ0n) is 19.4. The molecule has 1 heterocycles. The van der Waals surface area contributed by atoms with Crippen LogP contribution >= 0.6 is 0 Å². The molecule has 0 unspecified atom stereocenters. The summed E-state index contributed by atoms with van der Waals surface area (Å²) in [4.78, 5) is 16.8. The van der Waals surface area contributed by atoms with Gasteiger partial charge in [-0.25, -0.2) is 0 Å². The lowest BCUT2D eigenvalue weighted by atomic mass is 10.1. The van der Waals surface area contributed by atoms with Gasteiger partial charge in [0.15, 0.2) is 0 Å². The highest BCUT2D eigenvalue weighted by atomic mass is 19.4. The van der Waals surface area contributed by atoms with Gasteiger partial charge in [0.05, 0.1) is 24.3 Å². The van der Waals surface area contributed by atoms with Crippen molar-refractivity contribution in [3.63, 3.8) is 0 Å². The fourth-order valence-electron chi connectivity index (χ4n) is 3.68. The van der Waals surface area contributed by atoms with Crippen LogP contribution in [0, 0.1) is 0 Å². The second-order valence-corrected chi connectivity index (χ2v) is 7.65. The molecule has 3 aromatic rings. The Morgan fingerprint density at radius 3 is 2.38 bits per heavy atom. The van der Waals surface area contributed by atoms with E-state index in [0.29, 0.717) is 30.2 Å². The maximum absolute atomic E-state index is 13.4. The molecule has 0 aliphatic heterocycles. The first-order valence-corrected chi connectivity index (χ1v) is 11.0. The molecule has 0 spiro atoms. The molecule has 0 atom stereocenters. The Bertz CT molecular complexity index is 1080. The van der Waals surface area contributed by atoms with E-state index >= 15 is 0 Å². The van der Waals surface area contributed by atoms with E-state index in [-0.39, 0.29) is 25.3 Å². The maximum Gasteiger partial charge on any atom is 0.416 e. The number of hydrogen-bond acceptors (Lipinski definition) is 5. The Morgan fingerprint density at radius 1 is 1.06 bits per heavy atom. The fraction of sp³-hybridized carbons (Fsp3) is 0.360. The number of halogens is 3. The fourth-order valence-corrected chi connectivity index (χ4v) is 3.68. The summed E-state index contributed by atoms with van der Waals surface area (Å²) in [7, 11) is 1.50. The molecular weight excluding hydrogens is 447 g/mol. The van der Waals surface area contributed by atoms with Gasteiger partial charge in [0.2, 0.25) is 5.88 Å². The van der Waals surface area contributed by atoms with Crippen LogP contribution in [0.3, 0.4) is 0 Å².